The first-order valence-corrected chi connectivity index (χ1v) is 3.91. The van der Waals surface area contributed by atoms with Gasteiger partial charge < -0.3 is 15.6 Å². The van der Waals surface area contributed by atoms with E-state index in [4.69, 9.17) is 5.73 Å². The predicted octanol–water partition coefficient (Wildman–Crippen LogP) is -4.42. The van der Waals surface area contributed by atoms with E-state index >= 15 is 0 Å². The Labute approximate surface area is 71.5 Å². The number of rotatable bonds is 5. The molecule has 0 aromatic carbocycles. The van der Waals surface area contributed by atoms with Crippen LogP contribution in [0.4, 0.5) is 0 Å². The van der Waals surface area contributed by atoms with Crippen molar-refractivity contribution in [2.24, 2.45) is 5.73 Å². The van der Waals surface area contributed by atoms with E-state index in [1.165, 1.54) is 0 Å². The van der Waals surface area contributed by atoms with Gasteiger partial charge in [-0.1, -0.05) is 0 Å². The highest BCUT2D eigenvalue weighted by molar-refractivity contribution is 5.71. The maximum absolute atomic E-state index is 10.2. The van der Waals surface area contributed by atoms with Crippen LogP contribution in [-0.2, 0) is 4.79 Å². The number of nitrogens with one attached hydrogen (secondary N) is 1. The number of carbonyl (C=O) groups is 1. The van der Waals surface area contributed by atoms with Crippen LogP contribution in [-0.4, -0.2) is 24.4 Å². The van der Waals surface area contributed by atoms with Crippen molar-refractivity contribution in [1.82, 2.24) is 0 Å². The third-order valence-electron chi connectivity index (χ3n) is 1.47. The molecule has 0 rings (SSSR count). The molecule has 0 bridgehead atoms. The van der Waals surface area contributed by atoms with E-state index in [0.717, 1.165) is 6.42 Å². The highest BCUT2D eigenvalue weighted by Crippen LogP contribution is 1.87. The third kappa shape index (κ3) is 5.67. The number of carboxylic acids is 1. The van der Waals surface area contributed by atoms with Gasteiger partial charge in [0.05, 0.1) is 12.5 Å². The number of carboxylic acid groups (broad SMARTS) is 1. The van der Waals surface area contributed by atoms with Gasteiger partial charge in [0.15, 0.2) is 0 Å². The number of hydrogen-bond donors (Lipinski definition) is 3. The zero-order valence-electron chi connectivity index (χ0n) is 7.30. The zero-order chi connectivity index (χ0) is 9.56. The van der Waals surface area contributed by atoms with Crippen LogP contribution in [0.25, 0.3) is 0 Å². The Bertz CT molecular complexity index is 175. The topological polar surface area (TPSA) is 108 Å². The fourth-order valence-corrected chi connectivity index (χ4v) is 0.752. The Kier molecular flexibility index (Phi) is 5.03. The molecule has 6 N–H and O–H groups in total. The summed E-state index contributed by atoms with van der Waals surface area (Å²) in [4.78, 5) is 13.1. The second-order valence-electron chi connectivity index (χ2n) is 2.77. The van der Waals surface area contributed by atoms with E-state index in [0.29, 0.717) is 18.8 Å². The fourth-order valence-electron chi connectivity index (χ4n) is 0.752. The molecule has 0 aliphatic heterocycles. The van der Waals surface area contributed by atoms with Crippen molar-refractivity contribution in [3.63, 3.8) is 0 Å². The lowest BCUT2D eigenvalue weighted by molar-refractivity contribution is -0.466. The smallest absolute Gasteiger partial charge is 0.237 e. The van der Waals surface area contributed by atoms with Crippen LogP contribution >= 0.6 is 0 Å². The van der Waals surface area contributed by atoms with E-state index in [1.807, 2.05) is 0 Å². The molecule has 0 radical (unpaired) electrons. The van der Waals surface area contributed by atoms with E-state index in [2.05, 4.69) is 10.7 Å². The highest BCUT2D eigenvalue weighted by atomic mass is 16.4. The fraction of sp³-hybridized carbons (Fsp3) is 0.714. The first kappa shape index (κ1) is 10.9. The molecular formula is C7H16N3O2+. The number of hydrogen-bond acceptors (Lipinski definition) is 2. The molecule has 0 aromatic heterocycles. The number of quaternary nitrogens is 1. The summed E-state index contributed by atoms with van der Waals surface area (Å²) < 4.78 is 0. The van der Waals surface area contributed by atoms with Crippen LogP contribution in [0.15, 0.2) is 0 Å². The van der Waals surface area contributed by atoms with E-state index in [-0.39, 0.29) is 0 Å². The Morgan fingerprint density at radius 2 is 2.33 bits per heavy atom. The van der Waals surface area contributed by atoms with Crippen LogP contribution < -0.4 is 21.6 Å². The lowest BCUT2D eigenvalue weighted by Crippen LogP contribution is -2.75. The minimum absolute atomic E-state index is 0.516. The zero-order valence-corrected chi connectivity index (χ0v) is 7.30. The molecule has 0 saturated carbocycles. The molecule has 0 saturated heterocycles. The molecule has 0 amide bonds. The van der Waals surface area contributed by atoms with Crippen molar-refractivity contribution >= 4 is 11.8 Å². The molecule has 0 aromatic rings. The average molecular weight is 174 g/mol. The first-order valence-electron chi connectivity index (χ1n) is 3.91. The molecule has 0 aliphatic rings. The standard InChI is InChI=1S/C7H15N3O2/c1-5(8)10-4-2-3-6(9)7(11)12/h6H,2-4,9H2,1H3,(H2,8,10)(H,11,12)/p+1/t6-/m0/s1. The van der Waals surface area contributed by atoms with Crippen molar-refractivity contribution in [1.29, 1.82) is 0 Å². The van der Waals surface area contributed by atoms with Crippen molar-refractivity contribution < 1.29 is 20.6 Å². The summed E-state index contributed by atoms with van der Waals surface area (Å²) in [5.74, 6) is -0.451. The molecule has 0 fully saturated rings. The molecule has 0 heterocycles. The number of carbonyl (C=O) groups excluding carboxylic acids is 1. The van der Waals surface area contributed by atoms with Crippen LogP contribution in [0.3, 0.4) is 0 Å². The summed E-state index contributed by atoms with van der Waals surface area (Å²) >= 11 is 0. The lowest BCUT2D eigenvalue weighted by atomic mass is 10.2. The minimum atomic E-state index is -1.09. The van der Waals surface area contributed by atoms with Gasteiger partial charge in [-0.15, -0.1) is 0 Å². The van der Waals surface area contributed by atoms with E-state index < -0.39 is 12.0 Å². The van der Waals surface area contributed by atoms with E-state index in [1.54, 1.807) is 6.92 Å². The van der Waals surface area contributed by atoms with Gasteiger partial charge in [0, 0.05) is 13.3 Å². The van der Waals surface area contributed by atoms with Gasteiger partial charge in [0.25, 0.3) is 0 Å². The van der Waals surface area contributed by atoms with Crippen molar-refractivity contribution in [2.45, 2.75) is 25.8 Å². The van der Waals surface area contributed by atoms with Crippen molar-refractivity contribution in [3.8, 4) is 0 Å². The molecule has 0 spiro atoms. The lowest BCUT2D eigenvalue weighted by Gasteiger charge is -2.06. The highest BCUT2D eigenvalue weighted by Gasteiger charge is 2.05. The van der Waals surface area contributed by atoms with Gasteiger partial charge in [0.2, 0.25) is 5.84 Å². The van der Waals surface area contributed by atoms with Crippen LogP contribution in [0.1, 0.15) is 19.8 Å². The molecule has 0 unspecified atom stereocenters. The van der Waals surface area contributed by atoms with Gasteiger partial charge in [0.1, 0.15) is 6.04 Å². The molecule has 12 heavy (non-hydrogen) atoms. The number of amidine groups is 1. The average Bonchev–Trinajstić information content (AvgIpc) is 1.97. The molecular weight excluding hydrogens is 158 g/mol. The summed E-state index contributed by atoms with van der Waals surface area (Å²) in [6, 6.07) is -0.620. The maximum atomic E-state index is 10.2. The second-order valence-corrected chi connectivity index (χ2v) is 2.77. The summed E-state index contributed by atoms with van der Waals surface area (Å²) in [6.45, 7) is 2.43. The maximum Gasteiger partial charge on any atom is 0.237 e. The Hall–Kier alpha value is -1.10. The third-order valence-corrected chi connectivity index (χ3v) is 1.47. The Morgan fingerprint density at radius 3 is 2.75 bits per heavy atom. The summed E-state index contributed by atoms with van der Waals surface area (Å²) in [6.07, 6.45) is 1.25. The monoisotopic (exact) mass is 174 g/mol. The molecule has 5 nitrogen and oxygen atoms in total. The molecule has 70 valence electrons. The van der Waals surface area contributed by atoms with Crippen LogP contribution in [0.5, 0.6) is 0 Å². The summed E-state index contributed by atoms with van der Waals surface area (Å²) in [5, 5.41) is 10.2. The molecule has 5 heteroatoms. The van der Waals surface area contributed by atoms with Gasteiger partial charge in [-0.2, -0.15) is 0 Å². The number of aliphatic carboxylic acids is 1. The Morgan fingerprint density at radius 1 is 1.75 bits per heavy atom. The van der Waals surface area contributed by atoms with Crippen LogP contribution in [0, 0.1) is 0 Å². The summed E-state index contributed by atoms with van der Waals surface area (Å²) in [7, 11) is 0. The first-order chi connectivity index (χ1) is 5.54. The molecule has 1 atom stereocenters. The molecule has 0 aliphatic carbocycles. The minimum Gasteiger partial charge on any atom is -0.544 e. The van der Waals surface area contributed by atoms with Crippen molar-refractivity contribution in [2.75, 3.05) is 6.54 Å². The Balaban J connectivity index is 3.44. The quantitative estimate of drug-likeness (QED) is 0.222. The second kappa shape index (κ2) is 5.54. The summed E-state index contributed by atoms with van der Waals surface area (Å²) in [5.41, 5.74) is 8.76. The van der Waals surface area contributed by atoms with Gasteiger partial charge in [-0.05, 0) is 6.42 Å². The van der Waals surface area contributed by atoms with Gasteiger partial charge in [-0.3, -0.25) is 10.7 Å². The van der Waals surface area contributed by atoms with Gasteiger partial charge >= 0.3 is 0 Å². The van der Waals surface area contributed by atoms with Crippen LogP contribution in [0.2, 0.25) is 0 Å². The number of nitrogens with two attached hydrogens (primary N) is 1. The van der Waals surface area contributed by atoms with Crippen molar-refractivity contribution in [3.05, 3.63) is 0 Å². The largest absolute Gasteiger partial charge is 0.544 e. The SMILES string of the molecule is CC(N)=[NH+]CCC[C@H]([NH3+])C(=O)[O-]. The van der Waals surface area contributed by atoms with E-state index in [9.17, 15) is 9.90 Å². The predicted molar refractivity (Wildman–Crippen MR) is 41.6 cm³/mol. The van der Waals surface area contributed by atoms with Gasteiger partial charge in [-0.25, -0.2) is 0 Å². The normalized spacial score (nSPS) is 14.3.